The Morgan fingerprint density at radius 2 is 1.94 bits per heavy atom. The van der Waals surface area contributed by atoms with Crippen LogP contribution in [0.2, 0.25) is 5.02 Å². The number of benzene rings is 1. The molecule has 0 saturated heterocycles. The van der Waals surface area contributed by atoms with Crippen LogP contribution in [-0.4, -0.2) is 33.0 Å². The summed E-state index contributed by atoms with van der Waals surface area (Å²) in [6.07, 6.45) is 5.70. The average Bonchev–Trinajstić information content (AvgIpc) is 3.29. The van der Waals surface area contributed by atoms with E-state index in [1.165, 1.54) is 35.4 Å². The normalized spacial score (nSPS) is 12.0. The van der Waals surface area contributed by atoms with E-state index in [4.69, 9.17) is 21.1 Å². The van der Waals surface area contributed by atoms with Crippen molar-refractivity contribution >= 4 is 40.0 Å². The predicted octanol–water partition coefficient (Wildman–Crippen LogP) is 3.04. The second-order valence-corrected chi connectivity index (χ2v) is 7.64. The second kappa shape index (κ2) is 8.36. The summed E-state index contributed by atoms with van der Waals surface area (Å²) in [5.74, 6) is 0.251. The standard InChI is InChI=1S/C23H15ClN4O5/c24-14-3-4-20(26-9-14)27-21(29)11-28-10-16(22(30)13-2-1-5-25-8-13)23(31)15-6-18-19(7-17(15)28)33-12-32-18/h1-10H,11-12H2,(H,26,27,29). The number of aromatic nitrogens is 3. The highest BCUT2D eigenvalue weighted by Crippen LogP contribution is 2.35. The monoisotopic (exact) mass is 462 g/mol. The fraction of sp³-hybridized carbons (Fsp3) is 0.0870. The van der Waals surface area contributed by atoms with E-state index >= 15 is 0 Å². The maximum Gasteiger partial charge on any atom is 0.245 e. The number of fused-ring (bicyclic) bond motifs is 2. The van der Waals surface area contributed by atoms with E-state index in [1.54, 1.807) is 30.3 Å². The lowest BCUT2D eigenvalue weighted by Crippen LogP contribution is -2.24. The number of nitrogens with zero attached hydrogens (tertiary/aromatic N) is 3. The van der Waals surface area contributed by atoms with Crippen molar-refractivity contribution in [3.05, 3.63) is 87.6 Å². The number of rotatable bonds is 5. The Hall–Kier alpha value is -4.24. The minimum absolute atomic E-state index is 0.0179. The topological polar surface area (TPSA) is 112 Å². The lowest BCUT2D eigenvalue weighted by molar-refractivity contribution is -0.116. The van der Waals surface area contributed by atoms with Crippen LogP contribution in [0.15, 0.2) is 66.0 Å². The molecule has 9 nitrogen and oxygen atoms in total. The highest BCUT2D eigenvalue weighted by Gasteiger charge is 2.22. The van der Waals surface area contributed by atoms with Gasteiger partial charge in [-0.05, 0) is 30.3 Å². The van der Waals surface area contributed by atoms with Gasteiger partial charge in [-0.1, -0.05) is 11.6 Å². The lowest BCUT2D eigenvalue weighted by atomic mass is 10.0. The number of pyridine rings is 3. The van der Waals surface area contributed by atoms with Crippen molar-refractivity contribution in [2.45, 2.75) is 6.54 Å². The fourth-order valence-electron chi connectivity index (χ4n) is 3.51. The molecule has 1 aliphatic rings. The van der Waals surface area contributed by atoms with Crippen molar-refractivity contribution in [3.63, 3.8) is 0 Å². The third kappa shape index (κ3) is 4.01. The van der Waals surface area contributed by atoms with Crippen LogP contribution < -0.4 is 20.2 Å². The van der Waals surface area contributed by atoms with Crippen LogP contribution in [0.1, 0.15) is 15.9 Å². The van der Waals surface area contributed by atoms with E-state index in [9.17, 15) is 14.4 Å². The molecular weight excluding hydrogens is 448 g/mol. The first-order chi connectivity index (χ1) is 16.0. The molecule has 1 N–H and O–H groups in total. The molecule has 1 amide bonds. The number of amides is 1. The molecule has 4 aromatic rings. The molecular formula is C23H15ClN4O5. The molecule has 10 heteroatoms. The Morgan fingerprint density at radius 1 is 1.12 bits per heavy atom. The predicted molar refractivity (Wildman–Crippen MR) is 120 cm³/mol. The molecule has 164 valence electrons. The van der Waals surface area contributed by atoms with Crippen LogP contribution >= 0.6 is 11.6 Å². The number of ether oxygens (including phenoxy) is 2. The Labute approximate surface area is 191 Å². The summed E-state index contributed by atoms with van der Waals surface area (Å²) in [5, 5.41) is 3.34. The highest BCUT2D eigenvalue weighted by molar-refractivity contribution is 6.30. The number of halogens is 1. The first-order valence-electron chi connectivity index (χ1n) is 9.82. The van der Waals surface area contributed by atoms with Gasteiger partial charge in [0, 0.05) is 36.4 Å². The lowest BCUT2D eigenvalue weighted by Gasteiger charge is -2.14. The zero-order chi connectivity index (χ0) is 22.9. The van der Waals surface area contributed by atoms with E-state index < -0.39 is 17.1 Å². The van der Waals surface area contributed by atoms with Gasteiger partial charge in [-0.3, -0.25) is 19.4 Å². The van der Waals surface area contributed by atoms with Crippen LogP contribution in [0.4, 0.5) is 5.82 Å². The quantitative estimate of drug-likeness (QED) is 0.453. The summed E-state index contributed by atoms with van der Waals surface area (Å²) in [6.45, 7) is -0.169. The number of hydrogen-bond acceptors (Lipinski definition) is 7. The molecule has 0 spiro atoms. The number of anilines is 1. The highest BCUT2D eigenvalue weighted by atomic mass is 35.5. The number of hydrogen-bond donors (Lipinski definition) is 1. The van der Waals surface area contributed by atoms with Gasteiger partial charge < -0.3 is 19.4 Å². The van der Waals surface area contributed by atoms with Gasteiger partial charge in [0.15, 0.2) is 17.3 Å². The molecule has 33 heavy (non-hydrogen) atoms. The Balaban J connectivity index is 1.59. The van der Waals surface area contributed by atoms with Gasteiger partial charge in [-0.25, -0.2) is 4.98 Å². The molecule has 0 bridgehead atoms. The van der Waals surface area contributed by atoms with Crippen molar-refractivity contribution in [1.82, 2.24) is 14.5 Å². The number of nitrogens with one attached hydrogen (secondary N) is 1. The molecule has 0 saturated carbocycles. The van der Waals surface area contributed by atoms with Gasteiger partial charge in [0.25, 0.3) is 0 Å². The number of carbonyl (C=O) groups is 2. The molecule has 4 heterocycles. The van der Waals surface area contributed by atoms with Gasteiger partial charge in [-0.15, -0.1) is 0 Å². The van der Waals surface area contributed by atoms with Crippen molar-refractivity contribution in [2.24, 2.45) is 0 Å². The molecule has 5 rings (SSSR count). The Kier molecular flexibility index (Phi) is 5.23. The molecule has 0 unspecified atom stereocenters. The molecule has 3 aromatic heterocycles. The summed E-state index contributed by atoms with van der Waals surface area (Å²) in [7, 11) is 0. The largest absolute Gasteiger partial charge is 0.454 e. The zero-order valence-electron chi connectivity index (χ0n) is 16.9. The molecule has 0 radical (unpaired) electrons. The SMILES string of the molecule is O=C(Cn1cc(C(=O)c2cccnc2)c(=O)c2cc3c(cc21)OCO3)Nc1ccc(Cl)cn1. The molecule has 1 aromatic carbocycles. The molecule has 0 atom stereocenters. The summed E-state index contributed by atoms with van der Waals surface area (Å²) in [6, 6.07) is 9.49. The smallest absolute Gasteiger partial charge is 0.245 e. The second-order valence-electron chi connectivity index (χ2n) is 7.20. The van der Waals surface area contributed by atoms with Crippen LogP contribution in [0.25, 0.3) is 10.9 Å². The van der Waals surface area contributed by atoms with Crippen LogP contribution in [0.5, 0.6) is 11.5 Å². The van der Waals surface area contributed by atoms with E-state index in [0.29, 0.717) is 27.9 Å². The van der Waals surface area contributed by atoms with E-state index in [-0.39, 0.29) is 29.9 Å². The van der Waals surface area contributed by atoms with Crippen molar-refractivity contribution in [3.8, 4) is 11.5 Å². The van der Waals surface area contributed by atoms with E-state index in [1.807, 2.05) is 0 Å². The van der Waals surface area contributed by atoms with Crippen molar-refractivity contribution < 1.29 is 19.1 Å². The van der Waals surface area contributed by atoms with Crippen LogP contribution in [-0.2, 0) is 11.3 Å². The molecule has 0 fully saturated rings. The first-order valence-corrected chi connectivity index (χ1v) is 10.2. The van der Waals surface area contributed by atoms with Gasteiger partial charge in [0.2, 0.25) is 18.1 Å². The summed E-state index contributed by atoms with van der Waals surface area (Å²) in [5.41, 5.74) is 0.113. The number of carbonyl (C=O) groups excluding carboxylic acids is 2. The number of ketones is 1. The third-order valence-electron chi connectivity index (χ3n) is 5.05. The maximum absolute atomic E-state index is 13.2. The minimum Gasteiger partial charge on any atom is -0.454 e. The van der Waals surface area contributed by atoms with Crippen LogP contribution in [0, 0.1) is 0 Å². The first kappa shape index (κ1) is 20.7. The fourth-order valence-corrected chi connectivity index (χ4v) is 3.62. The van der Waals surface area contributed by atoms with Gasteiger partial charge in [-0.2, -0.15) is 0 Å². The van der Waals surface area contributed by atoms with E-state index in [0.717, 1.165) is 0 Å². The Bertz CT molecular complexity index is 1450. The molecule has 1 aliphatic heterocycles. The average molecular weight is 463 g/mol. The van der Waals surface area contributed by atoms with Gasteiger partial charge >= 0.3 is 0 Å². The molecule has 0 aliphatic carbocycles. The van der Waals surface area contributed by atoms with E-state index in [2.05, 4.69) is 15.3 Å². The Morgan fingerprint density at radius 3 is 2.67 bits per heavy atom. The van der Waals surface area contributed by atoms with Crippen LogP contribution in [0.3, 0.4) is 0 Å². The maximum atomic E-state index is 13.2. The van der Waals surface area contributed by atoms with Gasteiger partial charge in [0.05, 0.1) is 21.5 Å². The van der Waals surface area contributed by atoms with Gasteiger partial charge in [0.1, 0.15) is 12.4 Å². The summed E-state index contributed by atoms with van der Waals surface area (Å²) < 4.78 is 12.3. The van der Waals surface area contributed by atoms with Crippen molar-refractivity contribution in [1.29, 1.82) is 0 Å². The zero-order valence-corrected chi connectivity index (χ0v) is 17.7. The van der Waals surface area contributed by atoms with Crippen molar-refractivity contribution in [2.75, 3.05) is 12.1 Å². The minimum atomic E-state index is -0.499. The third-order valence-corrected chi connectivity index (χ3v) is 5.28. The summed E-state index contributed by atoms with van der Waals surface area (Å²) in [4.78, 5) is 47.0. The summed E-state index contributed by atoms with van der Waals surface area (Å²) >= 11 is 5.83.